The fourth-order valence-corrected chi connectivity index (χ4v) is 1.59. The van der Waals surface area contributed by atoms with E-state index in [-0.39, 0.29) is 11.8 Å². The number of halogens is 1. The third-order valence-electron chi connectivity index (χ3n) is 2.45. The van der Waals surface area contributed by atoms with E-state index in [0.717, 1.165) is 25.9 Å². The van der Waals surface area contributed by atoms with Crippen molar-refractivity contribution in [2.75, 3.05) is 13.1 Å². The summed E-state index contributed by atoms with van der Waals surface area (Å²) in [5, 5.41) is 0. The smallest absolute Gasteiger partial charge is 0.228 e. The van der Waals surface area contributed by atoms with Crippen molar-refractivity contribution in [3.8, 4) is 0 Å². The molecule has 11 heavy (non-hydrogen) atoms. The van der Waals surface area contributed by atoms with Gasteiger partial charge in [0.05, 0.1) is 5.92 Å². The molecule has 0 aromatic carbocycles. The fraction of sp³-hybridized carbons (Fsp3) is 0.875. The minimum Gasteiger partial charge on any atom is -0.342 e. The third-order valence-corrected chi connectivity index (χ3v) is 2.45. The Morgan fingerprint density at radius 1 is 1.36 bits per heavy atom. The largest absolute Gasteiger partial charge is 0.342 e. The quantitative estimate of drug-likeness (QED) is 0.555. The normalized spacial score (nSPS) is 35.9. The maximum Gasteiger partial charge on any atom is 0.228 e. The highest BCUT2D eigenvalue weighted by molar-refractivity contribution is 5.82. The van der Waals surface area contributed by atoms with Crippen molar-refractivity contribution in [1.82, 2.24) is 4.90 Å². The van der Waals surface area contributed by atoms with Crippen LogP contribution in [-0.4, -0.2) is 30.1 Å². The maximum atomic E-state index is 12.4. The second-order valence-corrected chi connectivity index (χ2v) is 3.39. The third kappa shape index (κ3) is 1.24. The molecule has 1 aliphatic carbocycles. The van der Waals surface area contributed by atoms with Crippen molar-refractivity contribution in [1.29, 1.82) is 0 Å². The molecule has 0 bridgehead atoms. The molecule has 1 heterocycles. The fourth-order valence-electron chi connectivity index (χ4n) is 1.59. The van der Waals surface area contributed by atoms with Crippen molar-refractivity contribution in [3.63, 3.8) is 0 Å². The summed E-state index contributed by atoms with van der Waals surface area (Å²) >= 11 is 0. The first-order chi connectivity index (χ1) is 5.29. The summed E-state index contributed by atoms with van der Waals surface area (Å²) in [4.78, 5) is 13.1. The summed E-state index contributed by atoms with van der Waals surface area (Å²) in [7, 11) is 0. The van der Waals surface area contributed by atoms with Crippen molar-refractivity contribution in [2.45, 2.75) is 25.4 Å². The Morgan fingerprint density at radius 2 is 1.91 bits per heavy atom. The average Bonchev–Trinajstić information content (AvgIpc) is 2.56. The van der Waals surface area contributed by atoms with Gasteiger partial charge in [0.25, 0.3) is 0 Å². The summed E-state index contributed by atoms with van der Waals surface area (Å²) in [6.07, 6.45) is 1.82. The Morgan fingerprint density at radius 3 is 2.36 bits per heavy atom. The molecule has 62 valence electrons. The molecule has 2 aliphatic rings. The molecule has 2 atom stereocenters. The second kappa shape index (κ2) is 2.47. The SMILES string of the molecule is O=C(C1C[C@H]1F)N1CCCC1. The number of hydrogen-bond acceptors (Lipinski definition) is 1. The van der Waals surface area contributed by atoms with Gasteiger partial charge >= 0.3 is 0 Å². The molecule has 2 nitrogen and oxygen atoms in total. The van der Waals surface area contributed by atoms with Crippen LogP contribution in [0.1, 0.15) is 19.3 Å². The van der Waals surface area contributed by atoms with Gasteiger partial charge in [0.15, 0.2) is 0 Å². The lowest BCUT2D eigenvalue weighted by Gasteiger charge is -2.13. The zero-order chi connectivity index (χ0) is 7.84. The Labute approximate surface area is 65.4 Å². The molecule has 3 heteroatoms. The van der Waals surface area contributed by atoms with Crippen LogP contribution < -0.4 is 0 Å². The van der Waals surface area contributed by atoms with Crippen LogP contribution in [-0.2, 0) is 4.79 Å². The molecule has 2 rings (SSSR count). The zero-order valence-electron chi connectivity index (χ0n) is 6.42. The number of rotatable bonds is 1. The molecule has 0 aromatic rings. The van der Waals surface area contributed by atoms with Crippen LogP contribution in [0.15, 0.2) is 0 Å². The summed E-state index contributed by atoms with van der Waals surface area (Å²) in [6, 6.07) is 0. The number of alkyl halides is 1. The molecule has 1 aliphatic heterocycles. The van der Waals surface area contributed by atoms with Gasteiger partial charge < -0.3 is 4.90 Å². The van der Waals surface area contributed by atoms with Gasteiger partial charge in [-0.2, -0.15) is 0 Å². The lowest BCUT2D eigenvalue weighted by atomic mass is 10.3. The second-order valence-electron chi connectivity index (χ2n) is 3.39. The molecule has 0 spiro atoms. The lowest BCUT2D eigenvalue weighted by molar-refractivity contribution is -0.131. The summed E-state index contributed by atoms with van der Waals surface area (Å²) in [6.45, 7) is 1.70. The number of likely N-dealkylation sites (tertiary alicyclic amines) is 1. The van der Waals surface area contributed by atoms with Crippen LogP contribution in [0.5, 0.6) is 0 Å². The van der Waals surface area contributed by atoms with Gasteiger partial charge in [-0.3, -0.25) is 4.79 Å². The number of carbonyl (C=O) groups is 1. The maximum absolute atomic E-state index is 12.4. The van der Waals surface area contributed by atoms with E-state index in [0.29, 0.717) is 6.42 Å². The van der Waals surface area contributed by atoms with Crippen LogP contribution >= 0.6 is 0 Å². The van der Waals surface area contributed by atoms with E-state index >= 15 is 0 Å². The van der Waals surface area contributed by atoms with Gasteiger partial charge in [-0.05, 0) is 19.3 Å². The van der Waals surface area contributed by atoms with Crippen molar-refractivity contribution < 1.29 is 9.18 Å². The molecule has 0 aromatic heterocycles. The van der Waals surface area contributed by atoms with Gasteiger partial charge in [0.2, 0.25) is 5.91 Å². The first kappa shape index (κ1) is 7.07. The van der Waals surface area contributed by atoms with Crippen LogP contribution in [0.3, 0.4) is 0 Å². The van der Waals surface area contributed by atoms with Crippen LogP contribution in [0.2, 0.25) is 0 Å². The van der Waals surface area contributed by atoms with Gasteiger partial charge in [-0.1, -0.05) is 0 Å². The number of carbonyl (C=O) groups excluding carboxylic acids is 1. The molecule has 0 N–H and O–H groups in total. The van der Waals surface area contributed by atoms with Crippen LogP contribution in [0, 0.1) is 5.92 Å². The summed E-state index contributed by atoms with van der Waals surface area (Å²) < 4.78 is 12.4. The monoisotopic (exact) mass is 157 g/mol. The minimum absolute atomic E-state index is 0.0509. The average molecular weight is 157 g/mol. The highest BCUT2D eigenvalue weighted by Crippen LogP contribution is 2.36. The van der Waals surface area contributed by atoms with E-state index in [1.54, 1.807) is 4.90 Å². The van der Waals surface area contributed by atoms with Crippen molar-refractivity contribution in [2.24, 2.45) is 5.92 Å². The van der Waals surface area contributed by atoms with Crippen molar-refractivity contribution in [3.05, 3.63) is 0 Å². The van der Waals surface area contributed by atoms with Gasteiger partial charge in [0.1, 0.15) is 6.17 Å². The van der Waals surface area contributed by atoms with E-state index in [9.17, 15) is 9.18 Å². The molecule has 2 fully saturated rings. The molecule has 1 amide bonds. The Hall–Kier alpha value is -0.600. The number of amides is 1. The van der Waals surface area contributed by atoms with E-state index in [1.165, 1.54) is 0 Å². The van der Waals surface area contributed by atoms with Crippen LogP contribution in [0.25, 0.3) is 0 Å². The summed E-state index contributed by atoms with van der Waals surface area (Å²) in [5.74, 6) is -0.219. The van der Waals surface area contributed by atoms with Gasteiger partial charge in [-0.25, -0.2) is 4.39 Å². The first-order valence-electron chi connectivity index (χ1n) is 4.22. The standard InChI is InChI=1S/C8H12FNO/c9-7-5-6(7)8(11)10-3-1-2-4-10/h6-7H,1-5H2/t6?,7-/m1/s1. The molecule has 1 saturated carbocycles. The highest BCUT2D eigenvalue weighted by Gasteiger charge is 2.45. The number of nitrogens with zero attached hydrogens (tertiary/aromatic N) is 1. The molecule has 1 unspecified atom stereocenters. The van der Waals surface area contributed by atoms with Crippen molar-refractivity contribution >= 4 is 5.91 Å². The molecule has 1 saturated heterocycles. The molecular weight excluding hydrogens is 145 g/mol. The van der Waals surface area contributed by atoms with E-state index in [4.69, 9.17) is 0 Å². The Balaban J connectivity index is 1.89. The molecular formula is C8H12FNO. The Bertz CT molecular complexity index is 177. The zero-order valence-corrected chi connectivity index (χ0v) is 6.42. The van der Waals surface area contributed by atoms with E-state index in [2.05, 4.69) is 0 Å². The minimum atomic E-state index is -0.830. The van der Waals surface area contributed by atoms with Gasteiger partial charge in [-0.15, -0.1) is 0 Å². The summed E-state index contributed by atoms with van der Waals surface area (Å²) in [5.41, 5.74) is 0. The topological polar surface area (TPSA) is 20.3 Å². The van der Waals surface area contributed by atoms with E-state index < -0.39 is 6.17 Å². The van der Waals surface area contributed by atoms with Crippen LogP contribution in [0.4, 0.5) is 4.39 Å². The predicted molar refractivity (Wildman–Crippen MR) is 38.8 cm³/mol. The number of hydrogen-bond donors (Lipinski definition) is 0. The van der Waals surface area contributed by atoms with E-state index in [1.807, 2.05) is 0 Å². The highest BCUT2D eigenvalue weighted by atomic mass is 19.1. The van der Waals surface area contributed by atoms with Gasteiger partial charge in [0, 0.05) is 13.1 Å². The predicted octanol–water partition coefficient (Wildman–Crippen LogP) is 0.967. The first-order valence-corrected chi connectivity index (χ1v) is 4.22. The molecule has 0 radical (unpaired) electrons. The Kier molecular flexibility index (Phi) is 1.59. The lowest BCUT2D eigenvalue weighted by Crippen LogP contribution is -2.29.